The number of fused-ring (bicyclic) bond motifs is 3. The zero-order valence-corrected chi connectivity index (χ0v) is 16.7. The Balaban J connectivity index is 1.27. The summed E-state index contributed by atoms with van der Waals surface area (Å²) >= 11 is 0. The van der Waals surface area contributed by atoms with Crippen molar-refractivity contribution in [3.8, 4) is 11.1 Å². The molecule has 1 aliphatic carbocycles. The number of nitrogen functional groups attached to an aromatic ring is 2. The summed E-state index contributed by atoms with van der Waals surface area (Å²) < 4.78 is 5.53. The molecule has 0 bridgehead atoms. The van der Waals surface area contributed by atoms with Crippen LogP contribution >= 0.6 is 0 Å². The van der Waals surface area contributed by atoms with E-state index in [1.165, 1.54) is 22.3 Å². The van der Waals surface area contributed by atoms with Gasteiger partial charge in [-0.2, -0.15) is 0 Å². The van der Waals surface area contributed by atoms with Gasteiger partial charge in [-0.05, 0) is 46.4 Å². The van der Waals surface area contributed by atoms with E-state index in [2.05, 4.69) is 29.6 Å². The Morgan fingerprint density at radius 3 is 2.27 bits per heavy atom. The van der Waals surface area contributed by atoms with E-state index in [1.807, 2.05) is 48.6 Å². The molecule has 0 radical (unpaired) electrons. The molecular weight excluding hydrogens is 374 g/mol. The average Bonchev–Trinajstić information content (AvgIpc) is 3.08. The number of carbonyl (C=O) groups is 1. The van der Waals surface area contributed by atoms with Gasteiger partial charge in [0.25, 0.3) is 0 Å². The molecule has 0 aliphatic heterocycles. The average molecular weight is 399 g/mol. The molecule has 152 valence electrons. The minimum absolute atomic E-state index is 0.0685. The van der Waals surface area contributed by atoms with E-state index in [-0.39, 0.29) is 5.92 Å². The van der Waals surface area contributed by atoms with Crippen LogP contribution in [-0.4, -0.2) is 19.2 Å². The quantitative estimate of drug-likeness (QED) is 0.410. The van der Waals surface area contributed by atoms with Gasteiger partial charge in [-0.1, -0.05) is 66.7 Å². The van der Waals surface area contributed by atoms with Gasteiger partial charge in [-0.15, -0.1) is 0 Å². The van der Waals surface area contributed by atoms with E-state index in [1.54, 1.807) is 6.07 Å². The van der Waals surface area contributed by atoms with Crippen molar-refractivity contribution in [3.63, 3.8) is 0 Å². The summed E-state index contributed by atoms with van der Waals surface area (Å²) in [4.78, 5) is 12.2. The van der Waals surface area contributed by atoms with E-state index in [9.17, 15) is 4.79 Å². The fraction of sp³-hybridized carbons (Fsp3) is 0.160. The fourth-order valence-electron chi connectivity index (χ4n) is 3.82. The summed E-state index contributed by atoms with van der Waals surface area (Å²) in [5, 5.41) is 2.80. The van der Waals surface area contributed by atoms with E-state index >= 15 is 0 Å². The first-order valence-corrected chi connectivity index (χ1v) is 10.0. The van der Waals surface area contributed by atoms with Crippen LogP contribution < -0.4 is 16.8 Å². The number of rotatable bonds is 6. The summed E-state index contributed by atoms with van der Waals surface area (Å²) in [6.45, 7) is 0.818. The second-order valence-corrected chi connectivity index (χ2v) is 7.33. The Hall–Kier alpha value is -3.73. The van der Waals surface area contributed by atoms with Crippen LogP contribution in [0.3, 0.4) is 0 Å². The van der Waals surface area contributed by atoms with Crippen molar-refractivity contribution in [2.45, 2.75) is 12.3 Å². The van der Waals surface area contributed by atoms with Crippen LogP contribution in [-0.2, 0) is 4.74 Å². The highest BCUT2D eigenvalue weighted by Crippen LogP contribution is 2.44. The second-order valence-electron chi connectivity index (χ2n) is 7.33. The molecule has 0 saturated carbocycles. The van der Waals surface area contributed by atoms with Gasteiger partial charge in [-0.25, -0.2) is 4.79 Å². The molecule has 1 aliphatic rings. The summed E-state index contributed by atoms with van der Waals surface area (Å²) in [6.07, 6.45) is 4.22. The Morgan fingerprint density at radius 2 is 1.60 bits per heavy atom. The Morgan fingerprint density at radius 1 is 0.933 bits per heavy atom. The van der Waals surface area contributed by atoms with Gasteiger partial charge in [-0.3, -0.25) is 0 Å². The lowest BCUT2D eigenvalue weighted by atomic mass is 9.98. The summed E-state index contributed by atoms with van der Waals surface area (Å²) in [5.74, 6) is 0.0685. The number of nitrogens with two attached hydrogens (primary N) is 2. The lowest BCUT2D eigenvalue weighted by Crippen LogP contribution is -2.26. The molecule has 0 saturated heterocycles. The molecule has 1 amide bonds. The third kappa shape index (κ3) is 4.15. The third-order valence-corrected chi connectivity index (χ3v) is 5.35. The first-order valence-electron chi connectivity index (χ1n) is 10.0. The number of ether oxygens (including phenoxy) is 1. The van der Waals surface area contributed by atoms with E-state index in [0.29, 0.717) is 30.9 Å². The smallest absolute Gasteiger partial charge is 0.407 e. The van der Waals surface area contributed by atoms with E-state index in [4.69, 9.17) is 16.2 Å². The number of hydrogen-bond acceptors (Lipinski definition) is 4. The van der Waals surface area contributed by atoms with Gasteiger partial charge >= 0.3 is 6.09 Å². The third-order valence-electron chi connectivity index (χ3n) is 5.35. The van der Waals surface area contributed by atoms with E-state index < -0.39 is 6.09 Å². The normalized spacial score (nSPS) is 12.5. The monoisotopic (exact) mass is 399 g/mol. The highest BCUT2D eigenvalue weighted by molar-refractivity contribution is 5.79. The lowest BCUT2D eigenvalue weighted by Gasteiger charge is -2.14. The summed E-state index contributed by atoms with van der Waals surface area (Å²) in [6, 6.07) is 22.1. The molecule has 0 fully saturated rings. The predicted molar refractivity (Wildman–Crippen MR) is 122 cm³/mol. The van der Waals surface area contributed by atoms with Crippen molar-refractivity contribution in [2.75, 3.05) is 24.6 Å². The highest BCUT2D eigenvalue weighted by atomic mass is 16.5. The Kier molecular flexibility index (Phi) is 5.70. The van der Waals surface area contributed by atoms with Gasteiger partial charge in [0.1, 0.15) is 6.61 Å². The predicted octanol–water partition coefficient (Wildman–Crippen LogP) is 4.79. The molecule has 5 nitrogen and oxygen atoms in total. The zero-order valence-electron chi connectivity index (χ0n) is 16.7. The molecule has 30 heavy (non-hydrogen) atoms. The number of benzene rings is 3. The first-order chi connectivity index (χ1) is 14.6. The largest absolute Gasteiger partial charge is 0.449 e. The molecule has 0 spiro atoms. The maximum absolute atomic E-state index is 12.2. The summed E-state index contributed by atoms with van der Waals surface area (Å²) in [7, 11) is 0. The van der Waals surface area contributed by atoms with Crippen LogP contribution in [0.25, 0.3) is 17.2 Å². The maximum Gasteiger partial charge on any atom is 0.407 e. The highest BCUT2D eigenvalue weighted by Gasteiger charge is 2.28. The zero-order chi connectivity index (χ0) is 20.9. The van der Waals surface area contributed by atoms with Crippen LogP contribution in [0.1, 0.15) is 29.0 Å². The van der Waals surface area contributed by atoms with Crippen molar-refractivity contribution in [2.24, 2.45) is 0 Å². The molecule has 0 heterocycles. The lowest BCUT2D eigenvalue weighted by molar-refractivity contribution is 0.143. The molecule has 4 rings (SSSR count). The molecule has 3 aromatic carbocycles. The Labute approximate surface area is 176 Å². The standard InChI is InChI=1S/C25H25N3O2/c26-23-13-12-17(15-24(23)27)7-5-6-14-28-25(29)30-16-22-20-10-3-1-8-18(20)19-9-2-4-11-21(19)22/h1-5,7-13,15,22H,6,14,16,26-27H2,(H,28,29). The Bertz CT molecular complexity index is 1050. The van der Waals surface area contributed by atoms with Gasteiger partial charge in [0.15, 0.2) is 0 Å². The van der Waals surface area contributed by atoms with Crippen molar-refractivity contribution in [3.05, 3.63) is 89.5 Å². The number of alkyl carbamates (subject to hydrolysis) is 1. The van der Waals surface area contributed by atoms with Gasteiger partial charge < -0.3 is 21.5 Å². The van der Waals surface area contributed by atoms with Crippen molar-refractivity contribution in [1.29, 1.82) is 0 Å². The molecular formula is C25H25N3O2. The SMILES string of the molecule is Nc1ccc(C=CCCNC(=O)OCC2c3ccccc3-c3ccccc32)cc1N. The number of nitrogens with one attached hydrogen (secondary N) is 1. The van der Waals surface area contributed by atoms with Crippen molar-refractivity contribution in [1.82, 2.24) is 5.32 Å². The van der Waals surface area contributed by atoms with Gasteiger partial charge in [0.2, 0.25) is 0 Å². The molecule has 3 aromatic rings. The molecule has 0 atom stereocenters. The van der Waals surface area contributed by atoms with Crippen molar-refractivity contribution < 1.29 is 9.53 Å². The molecule has 5 N–H and O–H groups in total. The molecule has 0 unspecified atom stereocenters. The minimum Gasteiger partial charge on any atom is -0.449 e. The van der Waals surface area contributed by atoms with Gasteiger partial charge in [0.05, 0.1) is 11.4 Å². The van der Waals surface area contributed by atoms with Crippen LogP contribution in [0.5, 0.6) is 0 Å². The number of amides is 1. The fourth-order valence-corrected chi connectivity index (χ4v) is 3.82. The van der Waals surface area contributed by atoms with Crippen LogP contribution in [0.2, 0.25) is 0 Å². The van der Waals surface area contributed by atoms with E-state index in [0.717, 1.165) is 5.56 Å². The van der Waals surface area contributed by atoms with Crippen LogP contribution in [0.15, 0.2) is 72.8 Å². The topological polar surface area (TPSA) is 90.4 Å². The van der Waals surface area contributed by atoms with Crippen LogP contribution in [0, 0.1) is 0 Å². The number of anilines is 2. The maximum atomic E-state index is 12.2. The molecule has 0 aromatic heterocycles. The van der Waals surface area contributed by atoms with Crippen molar-refractivity contribution >= 4 is 23.5 Å². The number of hydrogen-bond donors (Lipinski definition) is 3. The summed E-state index contributed by atoms with van der Waals surface area (Å²) in [5.41, 5.74) is 18.5. The van der Waals surface area contributed by atoms with Gasteiger partial charge in [0, 0.05) is 12.5 Å². The minimum atomic E-state index is -0.401. The second kappa shape index (κ2) is 8.74. The first kappa shape index (κ1) is 19.6. The molecule has 5 heteroatoms. The number of carbonyl (C=O) groups excluding carboxylic acids is 1. The van der Waals surface area contributed by atoms with Crippen LogP contribution in [0.4, 0.5) is 16.2 Å².